The highest BCUT2D eigenvalue weighted by molar-refractivity contribution is 5.16. The van der Waals surface area contributed by atoms with Gasteiger partial charge in [0.2, 0.25) is 0 Å². The molecular formula is C25H30N2O. The summed E-state index contributed by atoms with van der Waals surface area (Å²) in [6.07, 6.45) is 5.33. The quantitative estimate of drug-likeness (QED) is 0.554. The highest BCUT2D eigenvalue weighted by Crippen LogP contribution is 2.21. The van der Waals surface area contributed by atoms with Crippen LogP contribution in [-0.4, -0.2) is 35.5 Å². The molecular weight excluding hydrogens is 344 g/mol. The van der Waals surface area contributed by atoms with E-state index < -0.39 is 0 Å². The van der Waals surface area contributed by atoms with Crippen molar-refractivity contribution in [3.63, 3.8) is 0 Å². The molecule has 0 radical (unpaired) electrons. The van der Waals surface area contributed by atoms with E-state index in [-0.39, 0.29) is 0 Å². The smallest absolute Gasteiger partial charge is 0.117 e. The molecule has 146 valence electrons. The number of hydrogen-bond donors (Lipinski definition) is 0. The number of likely N-dealkylation sites (tertiary alicyclic amines) is 1. The minimum atomic E-state index is 0.650. The van der Waals surface area contributed by atoms with Gasteiger partial charge in [0.25, 0.3) is 0 Å². The van der Waals surface area contributed by atoms with Gasteiger partial charge in [-0.1, -0.05) is 60.7 Å². The van der Waals surface area contributed by atoms with Crippen molar-refractivity contribution in [1.82, 2.24) is 9.80 Å². The van der Waals surface area contributed by atoms with Crippen LogP contribution in [0.1, 0.15) is 29.7 Å². The van der Waals surface area contributed by atoms with Crippen LogP contribution in [0.5, 0.6) is 0 Å². The first-order valence-corrected chi connectivity index (χ1v) is 10.4. The minimum Gasteiger partial charge on any atom is -0.468 e. The maximum atomic E-state index is 5.53. The molecule has 1 fully saturated rings. The van der Waals surface area contributed by atoms with Crippen LogP contribution in [0.2, 0.25) is 0 Å². The third-order valence-corrected chi connectivity index (χ3v) is 5.79. The molecule has 0 atom stereocenters. The lowest BCUT2D eigenvalue weighted by atomic mass is 10.0. The van der Waals surface area contributed by atoms with Gasteiger partial charge in [-0.25, -0.2) is 0 Å². The van der Waals surface area contributed by atoms with Crippen LogP contribution in [0, 0.1) is 0 Å². The van der Waals surface area contributed by atoms with Gasteiger partial charge in [-0.05, 0) is 42.5 Å². The molecule has 0 unspecified atom stereocenters. The molecule has 0 spiro atoms. The predicted molar refractivity (Wildman–Crippen MR) is 114 cm³/mol. The van der Waals surface area contributed by atoms with Gasteiger partial charge in [0.05, 0.1) is 12.8 Å². The summed E-state index contributed by atoms with van der Waals surface area (Å²) in [5, 5.41) is 0. The van der Waals surface area contributed by atoms with E-state index in [2.05, 4.69) is 76.5 Å². The number of nitrogens with zero attached hydrogens (tertiary/aromatic N) is 2. The molecule has 0 saturated carbocycles. The van der Waals surface area contributed by atoms with Crippen molar-refractivity contribution in [3.8, 4) is 0 Å². The summed E-state index contributed by atoms with van der Waals surface area (Å²) in [6.45, 7) is 5.37. The maximum Gasteiger partial charge on any atom is 0.117 e. The van der Waals surface area contributed by atoms with E-state index >= 15 is 0 Å². The van der Waals surface area contributed by atoms with E-state index in [0.29, 0.717) is 6.04 Å². The summed E-state index contributed by atoms with van der Waals surface area (Å²) in [5.74, 6) is 1.07. The molecule has 3 nitrogen and oxygen atoms in total. The standard InChI is InChI=1S/C25H30N2O/c1-3-8-22(9-4-1)13-18-27(20-23-10-5-2-6-11-23)24-14-16-26(17-15-24)21-25-12-7-19-28-25/h1-12,19,24H,13-18,20-21H2. The highest BCUT2D eigenvalue weighted by Gasteiger charge is 2.25. The fourth-order valence-corrected chi connectivity index (χ4v) is 4.19. The van der Waals surface area contributed by atoms with Crippen molar-refractivity contribution in [1.29, 1.82) is 0 Å². The van der Waals surface area contributed by atoms with Crippen LogP contribution in [0.3, 0.4) is 0 Å². The summed E-state index contributed by atoms with van der Waals surface area (Å²) in [6, 6.07) is 26.5. The zero-order valence-electron chi connectivity index (χ0n) is 16.5. The van der Waals surface area contributed by atoms with E-state index in [9.17, 15) is 0 Å². The van der Waals surface area contributed by atoms with Crippen molar-refractivity contribution in [3.05, 3.63) is 95.9 Å². The van der Waals surface area contributed by atoms with Gasteiger partial charge >= 0.3 is 0 Å². The lowest BCUT2D eigenvalue weighted by molar-refractivity contribution is 0.0961. The Morgan fingerprint density at radius 3 is 2.14 bits per heavy atom. The Bertz CT molecular complexity index is 793. The molecule has 0 amide bonds. The lowest BCUT2D eigenvalue weighted by Crippen LogP contribution is -2.45. The molecule has 3 aromatic rings. The van der Waals surface area contributed by atoms with Gasteiger partial charge in [0.1, 0.15) is 5.76 Å². The Balaban J connectivity index is 1.37. The Labute approximate surface area is 168 Å². The molecule has 4 rings (SSSR count). The van der Waals surface area contributed by atoms with Crippen molar-refractivity contribution >= 4 is 0 Å². The molecule has 2 aromatic carbocycles. The average molecular weight is 375 g/mol. The second-order valence-corrected chi connectivity index (χ2v) is 7.78. The Morgan fingerprint density at radius 1 is 0.821 bits per heavy atom. The zero-order chi connectivity index (χ0) is 19.0. The monoisotopic (exact) mass is 374 g/mol. The second kappa shape index (κ2) is 9.72. The van der Waals surface area contributed by atoms with Gasteiger partial charge in [-0.3, -0.25) is 9.80 Å². The Morgan fingerprint density at radius 2 is 1.50 bits per heavy atom. The summed E-state index contributed by atoms with van der Waals surface area (Å²) < 4.78 is 5.53. The minimum absolute atomic E-state index is 0.650. The third kappa shape index (κ3) is 5.34. The van der Waals surface area contributed by atoms with Gasteiger partial charge in [0, 0.05) is 32.2 Å². The molecule has 3 heteroatoms. The first kappa shape index (κ1) is 19.0. The molecule has 0 bridgehead atoms. The third-order valence-electron chi connectivity index (χ3n) is 5.79. The normalized spacial score (nSPS) is 15.9. The van der Waals surface area contributed by atoms with Crippen molar-refractivity contribution in [2.75, 3.05) is 19.6 Å². The van der Waals surface area contributed by atoms with Gasteiger partial charge in [-0.2, -0.15) is 0 Å². The van der Waals surface area contributed by atoms with Gasteiger partial charge < -0.3 is 4.42 Å². The summed E-state index contributed by atoms with van der Waals surface area (Å²) >= 11 is 0. The average Bonchev–Trinajstić information content (AvgIpc) is 3.26. The van der Waals surface area contributed by atoms with Gasteiger partial charge in [0.15, 0.2) is 0 Å². The van der Waals surface area contributed by atoms with Crippen LogP contribution in [0.25, 0.3) is 0 Å². The van der Waals surface area contributed by atoms with E-state index in [4.69, 9.17) is 4.42 Å². The van der Waals surface area contributed by atoms with Crippen LogP contribution >= 0.6 is 0 Å². The maximum absolute atomic E-state index is 5.53. The van der Waals surface area contributed by atoms with Crippen molar-refractivity contribution in [2.45, 2.75) is 38.4 Å². The molecule has 0 aliphatic carbocycles. The van der Waals surface area contributed by atoms with E-state index in [1.54, 1.807) is 6.26 Å². The van der Waals surface area contributed by atoms with Crippen LogP contribution in [-0.2, 0) is 19.5 Å². The fourth-order valence-electron chi connectivity index (χ4n) is 4.19. The lowest BCUT2D eigenvalue weighted by Gasteiger charge is -2.38. The SMILES string of the molecule is c1ccc(CCN(Cc2ccccc2)C2CCN(Cc3ccco3)CC2)cc1. The Hall–Kier alpha value is -2.36. The topological polar surface area (TPSA) is 19.6 Å². The predicted octanol–water partition coefficient (Wildman–Crippen LogP) is 4.99. The molecule has 1 aliphatic heterocycles. The van der Waals surface area contributed by atoms with Crippen molar-refractivity contribution in [2.24, 2.45) is 0 Å². The zero-order valence-corrected chi connectivity index (χ0v) is 16.5. The first-order chi connectivity index (χ1) is 13.9. The highest BCUT2D eigenvalue weighted by atomic mass is 16.3. The molecule has 2 heterocycles. The van der Waals surface area contributed by atoms with E-state index in [1.807, 2.05) is 6.07 Å². The summed E-state index contributed by atoms with van der Waals surface area (Å²) in [4.78, 5) is 5.22. The van der Waals surface area contributed by atoms with Crippen LogP contribution < -0.4 is 0 Å². The molecule has 0 N–H and O–H groups in total. The number of piperidine rings is 1. The number of benzene rings is 2. The van der Waals surface area contributed by atoms with Crippen molar-refractivity contribution < 1.29 is 4.42 Å². The number of rotatable bonds is 8. The first-order valence-electron chi connectivity index (χ1n) is 10.4. The largest absolute Gasteiger partial charge is 0.468 e. The Kier molecular flexibility index (Phi) is 6.59. The van der Waals surface area contributed by atoms with Gasteiger partial charge in [-0.15, -0.1) is 0 Å². The van der Waals surface area contributed by atoms with E-state index in [1.165, 1.54) is 24.0 Å². The second-order valence-electron chi connectivity index (χ2n) is 7.78. The molecule has 1 aromatic heterocycles. The number of furan rings is 1. The number of hydrogen-bond acceptors (Lipinski definition) is 3. The fraction of sp³-hybridized carbons (Fsp3) is 0.360. The van der Waals surface area contributed by atoms with Crippen LogP contribution in [0.15, 0.2) is 83.5 Å². The molecule has 1 saturated heterocycles. The van der Waals surface area contributed by atoms with E-state index in [0.717, 1.165) is 44.9 Å². The summed E-state index contributed by atoms with van der Waals surface area (Å²) in [7, 11) is 0. The summed E-state index contributed by atoms with van der Waals surface area (Å²) in [5.41, 5.74) is 2.84. The molecule has 28 heavy (non-hydrogen) atoms. The van der Waals surface area contributed by atoms with Crippen LogP contribution in [0.4, 0.5) is 0 Å². The molecule has 1 aliphatic rings.